The Hall–Kier alpha value is -5.00. The molecule has 2 amide bonds. The van der Waals surface area contributed by atoms with Gasteiger partial charge < -0.3 is 15.4 Å². The highest BCUT2D eigenvalue weighted by Crippen LogP contribution is 2.64. The summed E-state index contributed by atoms with van der Waals surface area (Å²) >= 11 is 0. The molecular weight excluding hydrogens is 876 g/mol. The molecule has 334 valence electrons. The normalized spacial score (nSPS) is 14.4. The number of rotatable bonds is 17. The number of amides is 2. The molecule has 0 aliphatic carbocycles. The minimum atomic E-state index is -8.72. The maximum Gasteiger partial charge on any atom is 0.460 e. The van der Waals surface area contributed by atoms with E-state index in [9.17, 15) is 97.4 Å². The lowest BCUT2D eigenvalue weighted by atomic mass is 9.87. The molecule has 2 N–H and O–H groups in total. The first-order chi connectivity index (χ1) is 27.1. The Labute approximate surface area is 324 Å². The average Bonchev–Trinajstić information content (AvgIpc) is 3.14. The van der Waals surface area contributed by atoms with Crippen LogP contribution in [0, 0.1) is 0 Å². The van der Waals surface area contributed by atoms with Crippen LogP contribution in [0.25, 0.3) is 0 Å². The number of alkyl halides is 20. The summed E-state index contributed by atoms with van der Waals surface area (Å²) in [7, 11) is 0. The SMILES string of the molecule is O=C(N[C@@H](Cc1ccccc1)C(=O)NCc1cccc(C(F)(F)F)c1)OCc1ccc(CCC(F)(F)C(F)(F)C(F)(F)C(F)(F)C(F)(F)C(F)(F)C(F)(F)C(F)(F)F)cc1. The molecule has 0 unspecified atom stereocenters. The summed E-state index contributed by atoms with van der Waals surface area (Å²) in [4.78, 5) is 25.6. The predicted octanol–water partition coefficient (Wildman–Crippen LogP) is 10.8. The Balaban J connectivity index is 1.67. The fourth-order valence-corrected chi connectivity index (χ4v) is 5.02. The molecular formula is C35H26F20N2O3. The number of carbonyl (C=O) groups excluding carboxylic acids is 2. The van der Waals surface area contributed by atoms with Crippen molar-refractivity contribution in [2.75, 3.05) is 0 Å². The Morgan fingerprint density at radius 1 is 0.533 bits per heavy atom. The second kappa shape index (κ2) is 17.2. The van der Waals surface area contributed by atoms with Crippen LogP contribution in [-0.4, -0.2) is 65.7 Å². The van der Waals surface area contributed by atoms with E-state index in [0.29, 0.717) is 5.56 Å². The van der Waals surface area contributed by atoms with Crippen molar-refractivity contribution in [3.05, 3.63) is 107 Å². The van der Waals surface area contributed by atoms with Crippen molar-refractivity contribution in [1.82, 2.24) is 10.6 Å². The van der Waals surface area contributed by atoms with Crippen LogP contribution in [-0.2, 0) is 41.7 Å². The van der Waals surface area contributed by atoms with Crippen molar-refractivity contribution in [1.29, 1.82) is 0 Å². The molecule has 0 fully saturated rings. The van der Waals surface area contributed by atoms with Gasteiger partial charge in [-0.15, -0.1) is 0 Å². The second-order valence-corrected chi connectivity index (χ2v) is 12.8. The summed E-state index contributed by atoms with van der Waals surface area (Å²) in [6.45, 7) is -1.10. The fraction of sp³-hybridized carbons (Fsp3) is 0.429. The van der Waals surface area contributed by atoms with Crippen LogP contribution in [0.15, 0.2) is 78.9 Å². The Kier molecular flexibility index (Phi) is 14.1. The number of carbonyl (C=O) groups is 2. The molecule has 3 aromatic carbocycles. The number of hydrogen-bond donors (Lipinski definition) is 2. The first kappa shape index (κ1) is 49.4. The molecule has 0 aromatic heterocycles. The third-order valence-corrected chi connectivity index (χ3v) is 8.52. The van der Waals surface area contributed by atoms with E-state index in [1.807, 2.05) is 0 Å². The molecule has 60 heavy (non-hydrogen) atoms. The van der Waals surface area contributed by atoms with E-state index < -0.39 is 109 Å². The van der Waals surface area contributed by atoms with Crippen molar-refractivity contribution >= 4 is 12.0 Å². The van der Waals surface area contributed by atoms with Gasteiger partial charge in [0.1, 0.15) is 12.6 Å². The van der Waals surface area contributed by atoms with Gasteiger partial charge in [-0.1, -0.05) is 66.7 Å². The molecule has 0 bridgehead atoms. The van der Waals surface area contributed by atoms with E-state index in [0.717, 1.165) is 42.5 Å². The summed E-state index contributed by atoms with van der Waals surface area (Å²) in [6, 6.07) is 13.9. The predicted molar refractivity (Wildman–Crippen MR) is 166 cm³/mol. The smallest absolute Gasteiger partial charge is 0.445 e. The lowest BCUT2D eigenvalue weighted by Crippen LogP contribution is -2.74. The Bertz CT molecular complexity index is 1930. The van der Waals surface area contributed by atoms with E-state index in [-0.39, 0.29) is 17.5 Å². The minimum Gasteiger partial charge on any atom is -0.445 e. The number of ether oxygens (including phenoxy) is 1. The van der Waals surface area contributed by atoms with Gasteiger partial charge in [-0.05, 0) is 40.8 Å². The van der Waals surface area contributed by atoms with Crippen molar-refractivity contribution < 1.29 is 102 Å². The number of aryl methyl sites for hydroxylation is 1. The molecule has 3 aromatic rings. The zero-order valence-corrected chi connectivity index (χ0v) is 29.4. The molecule has 0 saturated heterocycles. The van der Waals surface area contributed by atoms with Crippen LogP contribution in [0.5, 0.6) is 0 Å². The highest BCUT2D eigenvalue weighted by molar-refractivity contribution is 5.85. The quantitative estimate of drug-likeness (QED) is 0.133. The summed E-state index contributed by atoms with van der Waals surface area (Å²) in [5.74, 6) is -57.9. The molecule has 1 atom stereocenters. The van der Waals surface area contributed by atoms with Crippen LogP contribution in [0.4, 0.5) is 92.6 Å². The van der Waals surface area contributed by atoms with Crippen molar-refractivity contribution in [2.24, 2.45) is 0 Å². The first-order valence-electron chi connectivity index (χ1n) is 16.3. The van der Waals surface area contributed by atoms with E-state index in [1.54, 1.807) is 30.3 Å². The van der Waals surface area contributed by atoms with Crippen LogP contribution >= 0.6 is 0 Å². The monoisotopic (exact) mass is 902 g/mol. The Morgan fingerprint density at radius 2 is 1.02 bits per heavy atom. The van der Waals surface area contributed by atoms with Crippen LogP contribution in [0.3, 0.4) is 0 Å². The van der Waals surface area contributed by atoms with E-state index in [4.69, 9.17) is 4.74 Å². The van der Waals surface area contributed by atoms with Gasteiger partial charge in [0.25, 0.3) is 0 Å². The maximum atomic E-state index is 14.3. The summed E-state index contributed by atoms with van der Waals surface area (Å²) < 4.78 is 274. The van der Waals surface area contributed by atoms with Gasteiger partial charge in [-0.2, -0.15) is 87.8 Å². The summed E-state index contributed by atoms with van der Waals surface area (Å²) in [5, 5.41) is 4.60. The Morgan fingerprint density at radius 3 is 1.53 bits per heavy atom. The number of hydrogen-bond acceptors (Lipinski definition) is 3. The zero-order chi connectivity index (χ0) is 46.0. The number of halogens is 20. The molecule has 5 nitrogen and oxygen atoms in total. The van der Waals surface area contributed by atoms with Gasteiger partial charge in [0.05, 0.1) is 5.56 Å². The third-order valence-electron chi connectivity index (χ3n) is 8.52. The molecule has 0 radical (unpaired) electrons. The summed E-state index contributed by atoms with van der Waals surface area (Å²) in [6.07, 6.45) is -18.2. The maximum absolute atomic E-state index is 14.3. The minimum absolute atomic E-state index is 0.0374. The van der Waals surface area contributed by atoms with E-state index >= 15 is 0 Å². The van der Waals surface area contributed by atoms with Crippen LogP contribution < -0.4 is 10.6 Å². The largest absolute Gasteiger partial charge is 0.460 e. The first-order valence-corrected chi connectivity index (χ1v) is 16.3. The van der Waals surface area contributed by atoms with Crippen molar-refractivity contribution in [3.63, 3.8) is 0 Å². The second-order valence-electron chi connectivity index (χ2n) is 12.8. The van der Waals surface area contributed by atoms with Gasteiger partial charge in [0, 0.05) is 19.4 Å². The number of alkyl carbamates (subject to hydrolysis) is 1. The van der Waals surface area contributed by atoms with Crippen LogP contribution in [0.2, 0.25) is 0 Å². The summed E-state index contributed by atoms with van der Waals surface area (Å²) in [5.41, 5.74) is -1.02. The third kappa shape index (κ3) is 9.95. The molecule has 0 heterocycles. The van der Waals surface area contributed by atoms with Crippen LogP contribution in [0.1, 0.15) is 34.2 Å². The molecule has 3 rings (SSSR count). The van der Waals surface area contributed by atoms with E-state index in [1.165, 1.54) is 6.07 Å². The number of benzene rings is 3. The van der Waals surface area contributed by atoms with Gasteiger partial charge in [0.15, 0.2) is 0 Å². The zero-order valence-electron chi connectivity index (χ0n) is 29.4. The van der Waals surface area contributed by atoms with Crippen molar-refractivity contribution in [2.45, 2.75) is 92.3 Å². The average molecular weight is 903 g/mol. The van der Waals surface area contributed by atoms with E-state index in [2.05, 4.69) is 10.6 Å². The lowest BCUT2D eigenvalue weighted by Gasteiger charge is -2.42. The molecule has 0 saturated carbocycles. The molecule has 0 aliphatic rings. The molecule has 0 spiro atoms. The molecule has 0 aliphatic heterocycles. The van der Waals surface area contributed by atoms with Gasteiger partial charge >= 0.3 is 59.9 Å². The highest BCUT2D eigenvalue weighted by Gasteiger charge is 2.95. The highest BCUT2D eigenvalue weighted by atomic mass is 19.4. The van der Waals surface area contributed by atoms with Gasteiger partial charge in [-0.3, -0.25) is 4.79 Å². The topological polar surface area (TPSA) is 67.4 Å². The standard InChI is InChI=1S/C35H26F20N2O3/c36-27(37,29(41,42)30(43,44)31(45,46)32(47,48)33(49,50)34(51,52)35(53,54)55)14-13-19-9-11-21(12-10-19)18-60-26(59)57-24(16-20-5-2-1-3-6-20)25(58)56-17-22-7-4-8-23(15-22)28(38,39)40/h1-12,15,24H,13-14,16-18H2,(H,56,58)(H,57,59)/t24-/m0/s1. The fourth-order valence-electron chi connectivity index (χ4n) is 5.02. The number of nitrogens with one attached hydrogen (secondary N) is 2. The van der Waals surface area contributed by atoms with Gasteiger partial charge in [-0.25, -0.2) is 4.79 Å². The van der Waals surface area contributed by atoms with Gasteiger partial charge in [0.2, 0.25) is 5.91 Å². The molecule has 25 heteroatoms. The lowest BCUT2D eigenvalue weighted by molar-refractivity contribution is -0.461. The van der Waals surface area contributed by atoms with Crippen molar-refractivity contribution in [3.8, 4) is 0 Å².